The summed E-state index contributed by atoms with van der Waals surface area (Å²) in [7, 11) is 0. The van der Waals surface area contributed by atoms with E-state index in [1.165, 1.54) is 26.5 Å². The van der Waals surface area contributed by atoms with Crippen molar-refractivity contribution in [1.29, 1.82) is 0 Å². The Hall–Kier alpha value is -1.62. The maximum atomic E-state index is 13.8. The number of hydrogen-bond donors (Lipinski definition) is 1. The van der Waals surface area contributed by atoms with Crippen LogP contribution in [0.3, 0.4) is 0 Å². The normalized spacial score (nSPS) is 15.8. The molecule has 1 nitrogen and oxygen atoms in total. The van der Waals surface area contributed by atoms with E-state index < -0.39 is 0 Å². The van der Waals surface area contributed by atoms with Crippen molar-refractivity contribution in [3.05, 3.63) is 74.8 Å². The monoisotopic (exact) mass is 419 g/mol. The average Bonchev–Trinajstić information content (AvgIpc) is 2.72. The fourth-order valence-corrected chi connectivity index (χ4v) is 4.01. The lowest BCUT2D eigenvalue weighted by Crippen LogP contribution is -2.15. The minimum atomic E-state index is -0.202. The summed E-state index contributed by atoms with van der Waals surface area (Å²) in [5.41, 5.74) is 12.2. The van der Waals surface area contributed by atoms with Crippen LogP contribution < -0.4 is 5.73 Å². The maximum Gasteiger partial charge on any atom is 0.123 e. The topological polar surface area (TPSA) is 26.0 Å². The van der Waals surface area contributed by atoms with Gasteiger partial charge in [0, 0.05) is 8.99 Å². The van der Waals surface area contributed by atoms with Crippen LogP contribution in [0, 0.1) is 9.39 Å². The van der Waals surface area contributed by atoms with Gasteiger partial charge in [-0.2, -0.15) is 0 Å². The van der Waals surface area contributed by atoms with Crippen LogP contribution in [0.25, 0.3) is 16.7 Å². The summed E-state index contributed by atoms with van der Waals surface area (Å²) in [6.45, 7) is 6.41. The predicted octanol–water partition coefficient (Wildman–Crippen LogP) is 5.61. The second kappa shape index (κ2) is 5.78. The molecule has 0 fully saturated rings. The predicted molar refractivity (Wildman–Crippen MR) is 104 cm³/mol. The van der Waals surface area contributed by atoms with Gasteiger partial charge in [0.15, 0.2) is 0 Å². The summed E-state index contributed by atoms with van der Waals surface area (Å²) in [5, 5.41) is 0. The zero-order chi connectivity index (χ0) is 16.8. The van der Waals surface area contributed by atoms with Crippen LogP contribution in [0.5, 0.6) is 0 Å². The van der Waals surface area contributed by atoms with E-state index in [4.69, 9.17) is 5.73 Å². The highest BCUT2D eigenvalue weighted by Crippen LogP contribution is 2.51. The number of halogens is 2. The molecule has 3 heteroatoms. The molecule has 0 aromatic heterocycles. The van der Waals surface area contributed by atoms with Gasteiger partial charge >= 0.3 is 0 Å². The minimum absolute atomic E-state index is 0.181. The van der Waals surface area contributed by atoms with Gasteiger partial charge in [-0.3, -0.25) is 0 Å². The zero-order valence-electron chi connectivity index (χ0n) is 13.5. The van der Waals surface area contributed by atoms with Crippen molar-refractivity contribution in [3.8, 4) is 11.1 Å². The van der Waals surface area contributed by atoms with Gasteiger partial charge in [0.1, 0.15) is 5.82 Å². The molecule has 0 unspecified atom stereocenters. The number of nitrogens with two attached hydrogens (primary N) is 1. The van der Waals surface area contributed by atoms with Gasteiger partial charge in [-0.25, -0.2) is 4.39 Å². The fraction of sp³-hybridized carbons (Fsp3) is 0.200. The summed E-state index contributed by atoms with van der Waals surface area (Å²) < 4.78 is 15.0. The van der Waals surface area contributed by atoms with Crippen molar-refractivity contribution in [2.75, 3.05) is 0 Å². The number of benzene rings is 2. The first-order valence-corrected chi connectivity index (χ1v) is 8.64. The SMILES string of the molecule is C/C(=C\C=C/N)c1cc(I)cc2c1-c1ccc(F)cc1C2(C)C. The molecular formula is C20H19FIN. The molecule has 0 spiro atoms. The molecule has 3 rings (SSSR count). The summed E-state index contributed by atoms with van der Waals surface area (Å²) in [6, 6.07) is 9.52. The van der Waals surface area contributed by atoms with Crippen LogP contribution in [0.15, 0.2) is 48.7 Å². The Balaban J connectivity index is 2.36. The van der Waals surface area contributed by atoms with E-state index in [1.807, 2.05) is 18.2 Å². The molecule has 118 valence electrons. The van der Waals surface area contributed by atoms with Gasteiger partial charge in [0.25, 0.3) is 0 Å². The Morgan fingerprint density at radius 1 is 1.17 bits per heavy atom. The summed E-state index contributed by atoms with van der Waals surface area (Å²) in [6.07, 6.45) is 5.39. The lowest BCUT2D eigenvalue weighted by Gasteiger charge is -2.22. The van der Waals surface area contributed by atoms with Gasteiger partial charge in [-0.15, -0.1) is 0 Å². The summed E-state index contributed by atoms with van der Waals surface area (Å²) >= 11 is 2.35. The minimum Gasteiger partial charge on any atom is -0.405 e. The second-order valence-corrected chi connectivity index (χ2v) is 7.67. The number of allylic oxidation sites excluding steroid dienone is 3. The molecule has 0 amide bonds. The Morgan fingerprint density at radius 2 is 1.91 bits per heavy atom. The van der Waals surface area contributed by atoms with Crippen molar-refractivity contribution >= 4 is 28.2 Å². The van der Waals surface area contributed by atoms with Crippen LogP contribution in [0.4, 0.5) is 4.39 Å². The van der Waals surface area contributed by atoms with Crippen molar-refractivity contribution in [2.24, 2.45) is 5.73 Å². The van der Waals surface area contributed by atoms with Crippen LogP contribution in [-0.2, 0) is 5.41 Å². The van der Waals surface area contributed by atoms with Crippen molar-refractivity contribution in [2.45, 2.75) is 26.2 Å². The summed E-state index contributed by atoms with van der Waals surface area (Å²) in [4.78, 5) is 0. The van der Waals surface area contributed by atoms with Crippen molar-refractivity contribution in [1.82, 2.24) is 0 Å². The molecule has 0 saturated heterocycles. The Bertz CT molecular complexity index is 847. The molecule has 0 radical (unpaired) electrons. The third-order valence-corrected chi connectivity index (χ3v) is 5.21. The Morgan fingerprint density at radius 3 is 2.61 bits per heavy atom. The van der Waals surface area contributed by atoms with E-state index in [-0.39, 0.29) is 11.2 Å². The third kappa shape index (κ3) is 2.61. The van der Waals surface area contributed by atoms with Crippen molar-refractivity contribution < 1.29 is 4.39 Å². The molecule has 0 aliphatic heterocycles. The van der Waals surface area contributed by atoms with E-state index in [2.05, 4.69) is 55.5 Å². The lowest BCUT2D eigenvalue weighted by atomic mass is 9.82. The molecule has 0 saturated carbocycles. The zero-order valence-corrected chi connectivity index (χ0v) is 15.6. The molecule has 2 N–H and O–H groups in total. The van der Waals surface area contributed by atoms with Gasteiger partial charge in [0.2, 0.25) is 0 Å². The molecule has 0 heterocycles. The molecule has 0 bridgehead atoms. The summed E-state index contributed by atoms with van der Waals surface area (Å²) in [5.74, 6) is -0.181. The first kappa shape index (κ1) is 16.2. The molecule has 1 aliphatic carbocycles. The average molecular weight is 419 g/mol. The van der Waals surface area contributed by atoms with E-state index in [9.17, 15) is 4.39 Å². The van der Waals surface area contributed by atoms with Gasteiger partial charge in [-0.05, 0) is 99.4 Å². The molecular weight excluding hydrogens is 400 g/mol. The second-order valence-electron chi connectivity index (χ2n) is 6.43. The highest BCUT2D eigenvalue weighted by Gasteiger charge is 2.37. The van der Waals surface area contributed by atoms with E-state index in [1.54, 1.807) is 12.1 Å². The molecule has 1 aliphatic rings. The number of fused-ring (bicyclic) bond motifs is 3. The van der Waals surface area contributed by atoms with E-state index >= 15 is 0 Å². The van der Waals surface area contributed by atoms with Crippen LogP contribution in [0.2, 0.25) is 0 Å². The van der Waals surface area contributed by atoms with Crippen LogP contribution in [-0.4, -0.2) is 0 Å². The number of hydrogen-bond acceptors (Lipinski definition) is 1. The highest BCUT2D eigenvalue weighted by molar-refractivity contribution is 14.1. The fourth-order valence-electron chi connectivity index (χ4n) is 3.39. The van der Waals surface area contributed by atoms with E-state index in [0.717, 1.165) is 16.7 Å². The third-order valence-electron chi connectivity index (χ3n) is 4.58. The highest BCUT2D eigenvalue weighted by atomic mass is 127. The Kier molecular flexibility index (Phi) is 4.08. The number of rotatable bonds is 2. The maximum absolute atomic E-state index is 13.8. The first-order valence-electron chi connectivity index (χ1n) is 7.56. The molecule has 2 aromatic carbocycles. The van der Waals surface area contributed by atoms with Gasteiger partial charge in [0.05, 0.1) is 0 Å². The standard InChI is InChI=1S/C20H19FIN/c1-12(5-4-8-23)16-10-14(22)11-18-19(16)15-7-6-13(21)9-17(15)20(18,2)3/h4-11H,23H2,1-3H3/b8-4-,12-5+. The molecule has 23 heavy (non-hydrogen) atoms. The Labute approximate surface area is 150 Å². The van der Waals surface area contributed by atoms with E-state index in [0.29, 0.717) is 0 Å². The lowest BCUT2D eigenvalue weighted by molar-refractivity contribution is 0.609. The molecule has 0 atom stereocenters. The largest absolute Gasteiger partial charge is 0.405 e. The smallest absolute Gasteiger partial charge is 0.123 e. The van der Waals surface area contributed by atoms with Crippen LogP contribution >= 0.6 is 22.6 Å². The van der Waals surface area contributed by atoms with Gasteiger partial charge < -0.3 is 5.73 Å². The molecule has 2 aromatic rings. The quantitative estimate of drug-likeness (QED) is 0.497. The first-order chi connectivity index (χ1) is 10.9. The van der Waals surface area contributed by atoms with Crippen molar-refractivity contribution in [3.63, 3.8) is 0 Å². The van der Waals surface area contributed by atoms with Gasteiger partial charge in [-0.1, -0.05) is 26.0 Å². The van der Waals surface area contributed by atoms with Crippen LogP contribution in [0.1, 0.15) is 37.5 Å².